The van der Waals surface area contributed by atoms with Crippen molar-refractivity contribution in [1.29, 1.82) is 0 Å². The average Bonchev–Trinajstić information content (AvgIpc) is 1.94. The Morgan fingerprint density at radius 1 is 0.305 bits per heavy atom. The van der Waals surface area contributed by atoms with Gasteiger partial charge in [-0.1, -0.05) is 251 Å². The number of ether oxygens (including phenoxy) is 3. The van der Waals surface area contributed by atoms with E-state index in [1.165, 1.54) is 51.4 Å². The van der Waals surface area contributed by atoms with Gasteiger partial charge in [0.25, 0.3) is 0 Å². The SMILES string of the molecule is CC/C=C\C/C=C\C/C=C\CCCCCCCC(=O)OC(COC(=O)CCCCCCC/C=C\C/C=C\C/C=C\C/C=C\CCCCC)COP(=O)(O)OCC(O)COP(=O)(O)OCC(O)COC(=O)CCCCCCCCC/C=C\C/C=C\C/C=C\C/C=C\CCCCC. The molecule has 0 amide bonds. The number of phosphoric acid groups is 2. The maximum absolute atomic E-state index is 12.9. The van der Waals surface area contributed by atoms with Gasteiger partial charge in [-0.3, -0.25) is 32.5 Å². The van der Waals surface area contributed by atoms with Gasteiger partial charge in [-0.05, 0) is 141 Å². The number of hydrogen-bond acceptors (Lipinski definition) is 14. The molecule has 0 bridgehead atoms. The van der Waals surface area contributed by atoms with Crippen LogP contribution in [0.4, 0.5) is 0 Å². The minimum atomic E-state index is -4.94. The van der Waals surface area contributed by atoms with Gasteiger partial charge in [-0.25, -0.2) is 9.13 Å². The number of esters is 3. The molecule has 0 spiro atoms. The first-order chi connectivity index (χ1) is 46.2. The number of phosphoric ester groups is 2. The van der Waals surface area contributed by atoms with Crippen molar-refractivity contribution < 1.29 is 75.8 Å². The molecule has 0 aliphatic rings. The van der Waals surface area contributed by atoms with Gasteiger partial charge in [0.2, 0.25) is 0 Å². The third-order valence-electron chi connectivity index (χ3n) is 14.8. The number of unbranched alkanes of at least 4 members (excludes halogenated alkanes) is 23. The molecule has 0 heterocycles. The Bertz CT molecular complexity index is 2260. The van der Waals surface area contributed by atoms with E-state index in [0.29, 0.717) is 19.3 Å². The normalized spacial score (nSPS) is 14.9. The highest BCUT2D eigenvalue weighted by atomic mass is 31.2. The maximum Gasteiger partial charge on any atom is 0.472 e. The molecule has 0 saturated heterocycles. The summed E-state index contributed by atoms with van der Waals surface area (Å²) in [5, 5.41) is 20.6. The zero-order chi connectivity index (χ0) is 69.5. The highest BCUT2D eigenvalue weighted by molar-refractivity contribution is 7.47. The van der Waals surface area contributed by atoms with E-state index in [4.69, 9.17) is 32.3 Å². The molecule has 0 aromatic rings. The quantitative estimate of drug-likeness (QED) is 0.0146. The second kappa shape index (κ2) is 69.6. The fourth-order valence-corrected chi connectivity index (χ4v) is 10.8. The summed E-state index contributed by atoms with van der Waals surface area (Å²) in [7, 11) is -9.80. The van der Waals surface area contributed by atoms with Crippen molar-refractivity contribution in [3.63, 3.8) is 0 Å². The molecule has 5 unspecified atom stereocenters. The van der Waals surface area contributed by atoms with E-state index in [2.05, 4.69) is 154 Å². The number of rotatable bonds is 68. The van der Waals surface area contributed by atoms with Crippen LogP contribution in [-0.2, 0) is 55.8 Å². The molecule has 0 aliphatic carbocycles. The second-order valence-corrected chi connectivity index (χ2v) is 26.9. The molecular weight excluding hydrogens is 1240 g/mol. The molecule has 0 aromatic carbocycles. The van der Waals surface area contributed by atoms with Crippen molar-refractivity contribution >= 4 is 33.6 Å². The molecule has 0 aliphatic heterocycles. The molecule has 16 nitrogen and oxygen atoms in total. The van der Waals surface area contributed by atoms with E-state index < -0.39 is 91.5 Å². The Hall–Kier alpha value is -4.31. The summed E-state index contributed by atoms with van der Waals surface area (Å²) in [6, 6.07) is 0. The van der Waals surface area contributed by atoms with E-state index >= 15 is 0 Å². The number of allylic oxidation sites excluding steroid dienone is 22. The number of aliphatic hydroxyl groups excluding tert-OH is 2. The van der Waals surface area contributed by atoms with E-state index in [9.17, 15) is 43.5 Å². The largest absolute Gasteiger partial charge is 0.472 e. The summed E-state index contributed by atoms with van der Waals surface area (Å²) in [6.45, 7) is 2.44. The molecule has 0 saturated carbocycles. The summed E-state index contributed by atoms with van der Waals surface area (Å²) in [5.74, 6) is -1.63. The zero-order valence-corrected chi connectivity index (χ0v) is 60.8. The minimum Gasteiger partial charge on any atom is -0.463 e. The average molecular weight is 1370 g/mol. The molecule has 0 aromatic heterocycles. The van der Waals surface area contributed by atoms with Crippen LogP contribution in [0.2, 0.25) is 0 Å². The van der Waals surface area contributed by atoms with Gasteiger partial charge in [0.15, 0.2) is 6.10 Å². The van der Waals surface area contributed by atoms with Crippen LogP contribution >= 0.6 is 15.6 Å². The van der Waals surface area contributed by atoms with Gasteiger partial charge < -0.3 is 34.2 Å². The molecule has 0 fully saturated rings. The smallest absolute Gasteiger partial charge is 0.463 e. The predicted molar refractivity (Wildman–Crippen MR) is 390 cm³/mol. The second-order valence-electron chi connectivity index (χ2n) is 24.0. The van der Waals surface area contributed by atoms with Crippen molar-refractivity contribution in [3.05, 3.63) is 134 Å². The third-order valence-corrected chi connectivity index (χ3v) is 16.7. The number of hydrogen-bond donors (Lipinski definition) is 4. The lowest BCUT2D eigenvalue weighted by molar-refractivity contribution is -0.161. The van der Waals surface area contributed by atoms with Crippen LogP contribution in [0.1, 0.15) is 278 Å². The van der Waals surface area contributed by atoms with Crippen LogP contribution in [-0.4, -0.2) is 95.9 Å². The molecule has 4 N–H and O–H groups in total. The molecule has 18 heteroatoms. The number of carbonyl (C=O) groups excluding carboxylic acids is 3. The van der Waals surface area contributed by atoms with E-state index in [0.717, 1.165) is 167 Å². The van der Waals surface area contributed by atoms with Crippen LogP contribution < -0.4 is 0 Å². The van der Waals surface area contributed by atoms with Crippen LogP contribution in [0, 0.1) is 0 Å². The standard InChI is InChI=1S/C77H130O16P2/c1-4-7-10-13-16-19-22-25-28-30-32-34-35-37-39-40-43-45-48-51-54-57-60-63-75(80)87-66-72(78)67-89-94(83,84)90-68-73(79)69-91-95(85,86)92-71-74(93-77(82)65-62-59-56-53-50-47-42-27-24-21-18-15-12-9-6-3)70-88-76(81)64-61-58-55-52-49-46-44-41-38-36-33-31-29-26-23-20-17-14-11-8-5-2/h9,12,16-21,25-29,32-34,36-37,39,41-42,44,72-74,78-79H,4-8,10-11,13-15,22-24,30-31,35,38,40,43,45-71H2,1-3H3,(H,83,84)(H,85,86)/b12-9-,19-16-,20-17-,21-18-,28-25-,29-26-,34-32-,36-33-,39-37-,42-27-,44-41-. The van der Waals surface area contributed by atoms with E-state index in [-0.39, 0.29) is 19.3 Å². The lowest BCUT2D eigenvalue weighted by Gasteiger charge is -2.21. The van der Waals surface area contributed by atoms with Gasteiger partial charge in [0.1, 0.15) is 25.4 Å². The number of aliphatic hydroxyl groups is 2. The van der Waals surface area contributed by atoms with Crippen molar-refractivity contribution in [1.82, 2.24) is 0 Å². The maximum atomic E-state index is 12.9. The fourth-order valence-electron chi connectivity index (χ4n) is 9.26. The Morgan fingerprint density at radius 2 is 0.558 bits per heavy atom. The van der Waals surface area contributed by atoms with E-state index in [1.807, 2.05) is 0 Å². The van der Waals surface area contributed by atoms with Gasteiger partial charge in [0, 0.05) is 19.3 Å². The first-order valence-electron chi connectivity index (χ1n) is 36.5. The van der Waals surface area contributed by atoms with Gasteiger partial charge >= 0.3 is 33.6 Å². The Labute approximate surface area is 575 Å². The summed E-state index contributed by atoms with van der Waals surface area (Å²) < 4.78 is 61.0. The van der Waals surface area contributed by atoms with Gasteiger partial charge in [-0.2, -0.15) is 0 Å². The molecule has 95 heavy (non-hydrogen) atoms. The number of carbonyl (C=O) groups is 3. The van der Waals surface area contributed by atoms with Gasteiger partial charge in [-0.15, -0.1) is 0 Å². The van der Waals surface area contributed by atoms with Gasteiger partial charge in [0.05, 0.1) is 26.4 Å². The minimum absolute atomic E-state index is 0.0764. The predicted octanol–water partition coefficient (Wildman–Crippen LogP) is 20.8. The highest BCUT2D eigenvalue weighted by Crippen LogP contribution is 2.45. The van der Waals surface area contributed by atoms with Crippen molar-refractivity contribution in [3.8, 4) is 0 Å². The van der Waals surface area contributed by atoms with Crippen LogP contribution in [0.5, 0.6) is 0 Å². The first kappa shape index (κ1) is 90.7. The lowest BCUT2D eigenvalue weighted by Crippen LogP contribution is -2.30. The Morgan fingerprint density at radius 3 is 0.884 bits per heavy atom. The molecule has 544 valence electrons. The fraction of sp³-hybridized carbons (Fsp3) is 0.675. The van der Waals surface area contributed by atoms with Crippen molar-refractivity contribution in [2.75, 3.05) is 39.6 Å². The first-order valence-corrected chi connectivity index (χ1v) is 39.5. The molecule has 0 rings (SSSR count). The zero-order valence-electron chi connectivity index (χ0n) is 59.0. The topological polar surface area (TPSA) is 231 Å². The summed E-state index contributed by atoms with van der Waals surface area (Å²) in [5.41, 5.74) is 0. The summed E-state index contributed by atoms with van der Waals surface area (Å²) >= 11 is 0. The Kier molecular flexibility index (Phi) is 66.4. The van der Waals surface area contributed by atoms with Crippen LogP contribution in [0.3, 0.4) is 0 Å². The molecule has 0 radical (unpaired) electrons. The summed E-state index contributed by atoms with van der Waals surface area (Å²) in [4.78, 5) is 58.5. The van der Waals surface area contributed by atoms with Crippen LogP contribution in [0.25, 0.3) is 0 Å². The Balaban J connectivity index is 4.68. The van der Waals surface area contributed by atoms with Crippen molar-refractivity contribution in [2.24, 2.45) is 0 Å². The lowest BCUT2D eigenvalue weighted by atomic mass is 10.1. The third kappa shape index (κ3) is 70.8. The highest BCUT2D eigenvalue weighted by Gasteiger charge is 2.29. The monoisotopic (exact) mass is 1370 g/mol. The molecular formula is C77H130O16P2. The van der Waals surface area contributed by atoms with Crippen LogP contribution in [0.15, 0.2) is 134 Å². The van der Waals surface area contributed by atoms with Crippen molar-refractivity contribution in [2.45, 2.75) is 296 Å². The van der Waals surface area contributed by atoms with E-state index in [1.54, 1.807) is 0 Å². The summed E-state index contributed by atoms with van der Waals surface area (Å²) in [6.07, 6.45) is 82.0. The molecule has 5 atom stereocenters.